The van der Waals surface area contributed by atoms with Gasteiger partial charge < -0.3 is 5.11 Å². The number of allylic oxidation sites excluding steroid dienone is 1. The van der Waals surface area contributed by atoms with Gasteiger partial charge in [-0.25, -0.2) is 4.79 Å². The van der Waals surface area contributed by atoms with E-state index in [0.717, 1.165) is 5.56 Å². The highest BCUT2D eigenvalue weighted by Crippen LogP contribution is 2.28. The minimum Gasteiger partial charge on any atom is -0.478 e. The molecule has 0 aliphatic rings. The van der Waals surface area contributed by atoms with E-state index in [1.54, 1.807) is 12.1 Å². The van der Waals surface area contributed by atoms with Crippen molar-refractivity contribution >= 4 is 17.6 Å². The Kier molecular flexibility index (Phi) is 4.74. The van der Waals surface area contributed by atoms with E-state index >= 15 is 0 Å². The Morgan fingerprint density at radius 3 is 2.17 bits per heavy atom. The van der Waals surface area contributed by atoms with Crippen molar-refractivity contribution < 1.29 is 9.90 Å². The van der Waals surface area contributed by atoms with E-state index in [1.165, 1.54) is 22.3 Å². The van der Waals surface area contributed by atoms with Gasteiger partial charge in [0.25, 0.3) is 0 Å². The summed E-state index contributed by atoms with van der Waals surface area (Å²) >= 11 is 0. The average molecular weight is 308 g/mol. The van der Waals surface area contributed by atoms with Crippen LogP contribution in [0.5, 0.6) is 0 Å². The number of carbonyl (C=O) groups is 1. The second-order valence-corrected chi connectivity index (χ2v) is 7.03. The molecule has 2 heteroatoms. The maximum absolute atomic E-state index is 10.9. The molecule has 0 aliphatic heterocycles. The highest BCUT2D eigenvalue weighted by atomic mass is 16.4. The number of benzene rings is 2. The molecule has 1 N–H and O–H groups in total. The number of hydrogen-bond acceptors (Lipinski definition) is 1. The van der Waals surface area contributed by atoms with Crippen molar-refractivity contribution in [2.45, 2.75) is 40.0 Å². The minimum absolute atomic E-state index is 0.117. The summed E-state index contributed by atoms with van der Waals surface area (Å²) in [7, 11) is 0. The van der Waals surface area contributed by atoms with Gasteiger partial charge in [-0.1, -0.05) is 57.2 Å². The summed E-state index contributed by atoms with van der Waals surface area (Å²) in [5.74, 6) is -0.897. The summed E-state index contributed by atoms with van der Waals surface area (Å²) in [5, 5.41) is 8.96. The third-order valence-corrected chi connectivity index (χ3v) is 4.07. The molecular weight excluding hydrogens is 284 g/mol. The topological polar surface area (TPSA) is 37.3 Å². The first-order valence-electron chi connectivity index (χ1n) is 7.81. The van der Waals surface area contributed by atoms with E-state index in [-0.39, 0.29) is 5.41 Å². The maximum atomic E-state index is 10.9. The van der Waals surface area contributed by atoms with Gasteiger partial charge in [-0.05, 0) is 59.2 Å². The predicted molar refractivity (Wildman–Crippen MR) is 96.8 cm³/mol. The molecule has 120 valence electrons. The van der Waals surface area contributed by atoms with Gasteiger partial charge in [0.1, 0.15) is 0 Å². The monoisotopic (exact) mass is 308 g/mol. The number of aromatic carboxylic acids is 1. The number of aryl methyl sites for hydroxylation is 1. The van der Waals surface area contributed by atoms with E-state index < -0.39 is 5.97 Å². The summed E-state index contributed by atoms with van der Waals surface area (Å²) in [6.45, 7) is 10.9. The Labute approximate surface area is 138 Å². The molecule has 2 aromatic rings. The van der Waals surface area contributed by atoms with Crippen LogP contribution in [0, 0.1) is 6.92 Å². The van der Waals surface area contributed by atoms with Crippen LogP contribution in [0.25, 0.3) is 11.6 Å². The molecule has 0 aliphatic carbocycles. The first-order chi connectivity index (χ1) is 10.7. The van der Waals surface area contributed by atoms with E-state index in [9.17, 15) is 4.79 Å². The molecule has 0 amide bonds. The zero-order valence-corrected chi connectivity index (χ0v) is 14.5. The Bertz CT molecular complexity index is 744. The highest BCUT2D eigenvalue weighted by molar-refractivity contribution is 5.88. The van der Waals surface area contributed by atoms with E-state index in [0.29, 0.717) is 5.56 Å². The normalized spacial score (nSPS) is 12.3. The van der Waals surface area contributed by atoms with Gasteiger partial charge in [0.2, 0.25) is 0 Å². The van der Waals surface area contributed by atoms with Crippen LogP contribution in [0.2, 0.25) is 0 Å². The van der Waals surface area contributed by atoms with Crippen LogP contribution in [0.3, 0.4) is 0 Å². The number of hydrogen-bond donors (Lipinski definition) is 1. The third kappa shape index (κ3) is 4.10. The number of carboxylic acid groups (broad SMARTS) is 1. The van der Waals surface area contributed by atoms with Crippen molar-refractivity contribution in [3.05, 3.63) is 70.3 Å². The van der Waals surface area contributed by atoms with Gasteiger partial charge in [0.15, 0.2) is 0 Å². The average Bonchev–Trinajstić information content (AvgIpc) is 2.46. The van der Waals surface area contributed by atoms with Crippen molar-refractivity contribution in [1.82, 2.24) is 0 Å². The SMILES string of the molecule is C/C(=C\c1ccc(C(=O)O)cc1)c1cc(C(C)(C)C)ccc1C. The summed E-state index contributed by atoms with van der Waals surface area (Å²) in [5.41, 5.74) is 6.41. The second kappa shape index (κ2) is 6.41. The van der Waals surface area contributed by atoms with Gasteiger partial charge >= 0.3 is 5.97 Å². The standard InChI is InChI=1S/C21H24O2/c1-14-6-11-18(21(3,4)5)13-19(14)15(2)12-16-7-9-17(10-8-16)20(22)23/h6-13H,1-5H3,(H,22,23)/b15-12+. The quantitative estimate of drug-likeness (QED) is 0.755. The molecule has 0 spiro atoms. The van der Waals surface area contributed by atoms with Gasteiger partial charge in [0, 0.05) is 0 Å². The van der Waals surface area contributed by atoms with Crippen molar-refractivity contribution in [2.24, 2.45) is 0 Å². The second-order valence-electron chi connectivity index (χ2n) is 7.03. The lowest BCUT2D eigenvalue weighted by Gasteiger charge is -2.21. The molecular formula is C21H24O2. The molecule has 0 aromatic heterocycles. The zero-order valence-electron chi connectivity index (χ0n) is 14.5. The van der Waals surface area contributed by atoms with Crippen molar-refractivity contribution in [1.29, 1.82) is 0 Å². The van der Waals surface area contributed by atoms with Crippen molar-refractivity contribution in [3.8, 4) is 0 Å². The van der Waals surface area contributed by atoms with Crippen molar-refractivity contribution in [3.63, 3.8) is 0 Å². The fraction of sp³-hybridized carbons (Fsp3) is 0.286. The van der Waals surface area contributed by atoms with Crippen LogP contribution >= 0.6 is 0 Å². The first kappa shape index (κ1) is 17.0. The predicted octanol–water partition coefficient (Wildman–Crippen LogP) is 5.55. The molecule has 0 fully saturated rings. The van der Waals surface area contributed by atoms with Crippen LogP contribution in [0.1, 0.15) is 60.3 Å². The zero-order chi connectivity index (χ0) is 17.2. The molecule has 0 unspecified atom stereocenters. The Balaban J connectivity index is 2.39. The largest absolute Gasteiger partial charge is 0.478 e. The summed E-state index contributed by atoms with van der Waals surface area (Å²) in [6.07, 6.45) is 2.10. The van der Waals surface area contributed by atoms with E-state index in [2.05, 4.69) is 58.9 Å². The fourth-order valence-electron chi connectivity index (χ4n) is 2.56. The van der Waals surface area contributed by atoms with Gasteiger partial charge in [-0.15, -0.1) is 0 Å². The molecule has 23 heavy (non-hydrogen) atoms. The lowest BCUT2D eigenvalue weighted by atomic mass is 9.84. The first-order valence-corrected chi connectivity index (χ1v) is 7.81. The van der Waals surface area contributed by atoms with E-state index in [4.69, 9.17) is 5.11 Å². The Hall–Kier alpha value is -2.35. The summed E-state index contributed by atoms with van der Waals surface area (Å²) < 4.78 is 0. The van der Waals surface area contributed by atoms with Crippen molar-refractivity contribution in [2.75, 3.05) is 0 Å². The summed E-state index contributed by atoms with van der Waals surface area (Å²) in [6, 6.07) is 13.6. The minimum atomic E-state index is -0.897. The lowest BCUT2D eigenvalue weighted by molar-refractivity contribution is 0.0697. The number of rotatable bonds is 3. The Morgan fingerprint density at radius 1 is 1.04 bits per heavy atom. The highest BCUT2D eigenvalue weighted by Gasteiger charge is 2.15. The Morgan fingerprint density at radius 2 is 1.65 bits per heavy atom. The molecule has 0 bridgehead atoms. The molecule has 2 nitrogen and oxygen atoms in total. The van der Waals surface area contributed by atoms with Gasteiger partial charge in [0.05, 0.1) is 5.56 Å². The smallest absolute Gasteiger partial charge is 0.335 e. The lowest BCUT2D eigenvalue weighted by Crippen LogP contribution is -2.11. The fourth-order valence-corrected chi connectivity index (χ4v) is 2.56. The van der Waals surface area contributed by atoms with Crippen LogP contribution in [-0.2, 0) is 5.41 Å². The van der Waals surface area contributed by atoms with Crippen LogP contribution in [0.4, 0.5) is 0 Å². The molecule has 0 heterocycles. The molecule has 2 aromatic carbocycles. The van der Waals surface area contributed by atoms with Crippen LogP contribution in [0.15, 0.2) is 42.5 Å². The van der Waals surface area contributed by atoms with Crippen LogP contribution < -0.4 is 0 Å². The third-order valence-electron chi connectivity index (χ3n) is 4.07. The summed E-state index contributed by atoms with van der Waals surface area (Å²) in [4.78, 5) is 10.9. The van der Waals surface area contributed by atoms with Gasteiger partial charge in [-0.2, -0.15) is 0 Å². The van der Waals surface area contributed by atoms with Crippen LogP contribution in [-0.4, -0.2) is 11.1 Å². The van der Waals surface area contributed by atoms with E-state index in [1.807, 2.05) is 12.1 Å². The maximum Gasteiger partial charge on any atom is 0.335 e. The van der Waals surface area contributed by atoms with Gasteiger partial charge in [-0.3, -0.25) is 0 Å². The number of carboxylic acids is 1. The molecule has 0 saturated carbocycles. The molecule has 0 atom stereocenters. The molecule has 0 radical (unpaired) electrons. The molecule has 0 saturated heterocycles. The molecule has 2 rings (SSSR count).